The molecule has 0 saturated carbocycles. The minimum Gasteiger partial charge on any atom is -0.316 e. The van der Waals surface area contributed by atoms with Gasteiger partial charge in [-0.3, -0.25) is 0 Å². The largest absolute Gasteiger partial charge is 0.316 e. The Kier molecular flexibility index (Phi) is 5.02. The average molecular weight is 230 g/mol. The fourth-order valence-corrected chi connectivity index (χ4v) is 1.59. The van der Waals surface area contributed by atoms with E-state index in [0.717, 1.165) is 22.7 Å². The van der Waals surface area contributed by atoms with Gasteiger partial charge in [0.05, 0.1) is 0 Å². The van der Waals surface area contributed by atoms with E-state index in [1.165, 1.54) is 0 Å². The highest BCUT2D eigenvalue weighted by Crippen LogP contribution is 2.19. The summed E-state index contributed by atoms with van der Waals surface area (Å²) in [4.78, 5) is 0. The van der Waals surface area contributed by atoms with Gasteiger partial charge >= 0.3 is 0 Å². The number of hydrogen-bond donors (Lipinski definition) is 1. The molecule has 1 N–H and O–H groups in total. The molecule has 0 unspecified atom stereocenters. The minimum absolute atomic E-state index is 0.451. The standard InChI is InChI=1S/C11H13Cl2N/c1-14-6-2-3-9-4-5-11(13)10(7-9)8-12/h2-5,7,14H,6,8H2,1H3. The Hall–Kier alpha value is -0.500. The Morgan fingerprint density at radius 2 is 2.21 bits per heavy atom. The van der Waals surface area contributed by atoms with Gasteiger partial charge in [0, 0.05) is 17.4 Å². The van der Waals surface area contributed by atoms with Crippen LogP contribution in [0.15, 0.2) is 24.3 Å². The van der Waals surface area contributed by atoms with Gasteiger partial charge in [-0.05, 0) is 30.3 Å². The zero-order valence-corrected chi connectivity index (χ0v) is 9.57. The predicted molar refractivity (Wildman–Crippen MR) is 64.0 cm³/mol. The molecule has 0 spiro atoms. The van der Waals surface area contributed by atoms with Crippen LogP contribution >= 0.6 is 23.2 Å². The molecule has 3 heteroatoms. The smallest absolute Gasteiger partial charge is 0.0489 e. The third-order valence-electron chi connectivity index (χ3n) is 1.85. The van der Waals surface area contributed by atoms with Crippen molar-refractivity contribution in [1.29, 1.82) is 0 Å². The number of likely N-dealkylation sites (N-methyl/N-ethyl adjacent to an activating group) is 1. The topological polar surface area (TPSA) is 12.0 Å². The van der Waals surface area contributed by atoms with Gasteiger partial charge in [0.2, 0.25) is 0 Å². The lowest BCUT2D eigenvalue weighted by Gasteiger charge is -2.01. The summed E-state index contributed by atoms with van der Waals surface area (Å²) < 4.78 is 0. The quantitative estimate of drug-likeness (QED) is 0.782. The molecule has 1 nitrogen and oxygen atoms in total. The van der Waals surface area contributed by atoms with Crippen LogP contribution in [0.4, 0.5) is 0 Å². The van der Waals surface area contributed by atoms with Gasteiger partial charge < -0.3 is 5.32 Å². The summed E-state index contributed by atoms with van der Waals surface area (Å²) >= 11 is 11.7. The fourth-order valence-electron chi connectivity index (χ4n) is 1.11. The maximum Gasteiger partial charge on any atom is 0.0489 e. The molecule has 0 bridgehead atoms. The molecule has 14 heavy (non-hydrogen) atoms. The van der Waals surface area contributed by atoms with Crippen molar-refractivity contribution in [2.24, 2.45) is 0 Å². The van der Waals surface area contributed by atoms with Crippen molar-refractivity contribution in [3.63, 3.8) is 0 Å². The maximum absolute atomic E-state index is 5.94. The lowest BCUT2D eigenvalue weighted by molar-refractivity contribution is 0.922. The number of rotatable bonds is 4. The summed E-state index contributed by atoms with van der Waals surface area (Å²) in [7, 11) is 1.91. The molecule has 0 aliphatic rings. The van der Waals surface area contributed by atoms with Gasteiger partial charge in [0.15, 0.2) is 0 Å². The zero-order valence-electron chi connectivity index (χ0n) is 8.06. The molecule has 0 aromatic heterocycles. The SMILES string of the molecule is CNCC=Cc1ccc(Cl)c(CCl)c1. The molecular weight excluding hydrogens is 217 g/mol. The Bertz CT molecular complexity index is 321. The lowest BCUT2D eigenvalue weighted by atomic mass is 10.1. The first-order chi connectivity index (χ1) is 6.77. The summed E-state index contributed by atoms with van der Waals surface area (Å²) in [5.41, 5.74) is 2.10. The minimum atomic E-state index is 0.451. The molecule has 0 heterocycles. The Morgan fingerprint density at radius 3 is 2.86 bits per heavy atom. The maximum atomic E-state index is 5.94. The first-order valence-electron chi connectivity index (χ1n) is 4.43. The Morgan fingerprint density at radius 1 is 1.43 bits per heavy atom. The van der Waals surface area contributed by atoms with E-state index in [-0.39, 0.29) is 0 Å². The zero-order chi connectivity index (χ0) is 10.4. The van der Waals surface area contributed by atoms with E-state index in [2.05, 4.69) is 11.4 Å². The number of alkyl halides is 1. The van der Waals surface area contributed by atoms with Crippen molar-refractivity contribution in [3.8, 4) is 0 Å². The van der Waals surface area contributed by atoms with Gasteiger partial charge in [0.25, 0.3) is 0 Å². The van der Waals surface area contributed by atoms with Crippen molar-refractivity contribution in [3.05, 3.63) is 40.4 Å². The highest BCUT2D eigenvalue weighted by molar-refractivity contribution is 6.32. The van der Waals surface area contributed by atoms with E-state index in [9.17, 15) is 0 Å². The monoisotopic (exact) mass is 229 g/mol. The van der Waals surface area contributed by atoms with Crippen LogP contribution in [-0.4, -0.2) is 13.6 Å². The number of nitrogens with one attached hydrogen (secondary N) is 1. The van der Waals surface area contributed by atoms with Crippen LogP contribution < -0.4 is 5.32 Å². The number of hydrogen-bond acceptors (Lipinski definition) is 1. The summed E-state index contributed by atoms with van der Waals surface area (Å²) in [5.74, 6) is 0.451. The molecular formula is C11H13Cl2N. The molecule has 0 amide bonds. The molecule has 1 rings (SSSR count). The highest BCUT2D eigenvalue weighted by Gasteiger charge is 1.98. The molecule has 0 aliphatic heterocycles. The highest BCUT2D eigenvalue weighted by atomic mass is 35.5. The summed E-state index contributed by atoms with van der Waals surface area (Å²) in [6.07, 6.45) is 4.10. The summed E-state index contributed by atoms with van der Waals surface area (Å²) in [6, 6.07) is 5.85. The van der Waals surface area contributed by atoms with Crippen LogP contribution in [-0.2, 0) is 5.88 Å². The van der Waals surface area contributed by atoms with Gasteiger partial charge in [-0.15, -0.1) is 11.6 Å². The van der Waals surface area contributed by atoms with E-state index in [0.29, 0.717) is 5.88 Å². The second-order valence-electron chi connectivity index (χ2n) is 2.94. The average Bonchev–Trinajstić information content (AvgIpc) is 2.21. The van der Waals surface area contributed by atoms with Crippen molar-refractivity contribution in [2.45, 2.75) is 5.88 Å². The van der Waals surface area contributed by atoms with E-state index >= 15 is 0 Å². The molecule has 0 saturated heterocycles. The molecule has 0 atom stereocenters. The van der Waals surface area contributed by atoms with E-state index in [4.69, 9.17) is 23.2 Å². The first kappa shape index (κ1) is 11.6. The predicted octanol–water partition coefficient (Wildman–Crippen LogP) is 3.31. The fraction of sp³-hybridized carbons (Fsp3) is 0.273. The summed E-state index contributed by atoms with van der Waals surface area (Å²) in [5, 5.41) is 3.77. The van der Waals surface area contributed by atoms with Crippen LogP contribution in [0.25, 0.3) is 6.08 Å². The van der Waals surface area contributed by atoms with Crippen LogP contribution in [0.1, 0.15) is 11.1 Å². The first-order valence-corrected chi connectivity index (χ1v) is 5.34. The number of halogens is 2. The molecule has 1 aromatic rings. The normalized spacial score (nSPS) is 11.1. The lowest BCUT2D eigenvalue weighted by Crippen LogP contribution is -2.03. The van der Waals surface area contributed by atoms with Crippen LogP contribution in [0, 0.1) is 0 Å². The third kappa shape index (κ3) is 3.33. The van der Waals surface area contributed by atoms with Crippen molar-refractivity contribution >= 4 is 29.3 Å². The van der Waals surface area contributed by atoms with Gasteiger partial charge in [-0.2, -0.15) is 0 Å². The third-order valence-corrected chi connectivity index (χ3v) is 2.50. The Balaban J connectivity index is 2.79. The van der Waals surface area contributed by atoms with Crippen molar-refractivity contribution < 1.29 is 0 Å². The molecule has 1 aromatic carbocycles. The molecule has 0 fully saturated rings. The second kappa shape index (κ2) is 6.07. The second-order valence-corrected chi connectivity index (χ2v) is 3.62. The van der Waals surface area contributed by atoms with Gasteiger partial charge in [0.1, 0.15) is 0 Å². The number of benzene rings is 1. The molecule has 0 radical (unpaired) electrons. The van der Waals surface area contributed by atoms with Gasteiger partial charge in [-0.1, -0.05) is 29.8 Å². The van der Waals surface area contributed by atoms with Crippen LogP contribution in [0.3, 0.4) is 0 Å². The van der Waals surface area contributed by atoms with Crippen LogP contribution in [0.5, 0.6) is 0 Å². The van der Waals surface area contributed by atoms with Gasteiger partial charge in [-0.25, -0.2) is 0 Å². The molecule has 76 valence electrons. The molecule has 0 aliphatic carbocycles. The Labute approximate surface area is 94.7 Å². The van der Waals surface area contributed by atoms with Crippen molar-refractivity contribution in [1.82, 2.24) is 5.32 Å². The van der Waals surface area contributed by atoms with E-state index in [1.54, 1.807) is 0 Å². The van der Waals surface area contributed by atoms with Crippen LogP contribution in [0.2, 0.25) is 5.02 Å². The summed E-state index contributed by atoms with van der Waals surface area (Å²) in [6.45, 7) is 0.860. The van der Waals surface area contributed by atoms with E-state index < -0.39 is 0 Å². The van der Waals surface area contributed by atoms with E-state index in [1.807, 2.05) is 31.3 Å². The van der Waals surface area contributed by atoms with Crippen molar-refractivity contribution in [2.75, 3.05) is 13.6 Å².